The van der Waals surface area contributed by atoms with Crippen molar-refractivity contribution in [2.45, 2.75) is 12.5 Å². The number of Topliss-reactive ketones (excluding diaryl/α,β-unsaturated/α-hetero) is 1. The van der Waals surface area contributed by atoms with Gasteiger partial charge in [0, 0.05) is 20.4 Å². The minimum Gasteiger partial charge on any atom is -0.383 e. The third kappa shape index (κ3) is 2.90. The van der Waals surface area contributed by atoms with Crippen molar-refractivity contribution in [3.05, 3.63) is 11.9 Å². The first-order valence-electron chi connectivity index (χ1n) is 4.26. The van der Waals surface area contributed by atoms with Gasteiger partial charge >= 0.3 is 0 Å². The van der Waals surface area contributed by atoms with Gasteiger partial charge in [0.15, 0.2) is 5.78 Å². The fourth-order valence-electron chi connectivity index (χ4n) is 1.06. The van der Waals surface area contributed by atoms with E-state index in [0.29, 0.717) is 5.69 Å². The highest BCUT2D eigenvalue weighted by Gasteiger charge is 2.14. The third-order valence-electron chi connectivity index (χ3n) is 1.77. The summed E-state index contributed by atoms with van der Waals surface area (Å²) in [6, 6.07) is -0.581. The first-order chi connectivity index (χ1) is 6.63. The summed E-state index contributed by atoms with van der Waals surface area (Å²) in [4.78, 5) is 11.4. The van der Waals surface area contributed by atoms with Gasteiger partial charge in [-0.2, -0.15) is 0 Å². The van der Waals surface area contributed by atoms with E-state index in [1.165, 1.54) is 7.11 Å². The van der Waals surface area contributed by atoms with E-state index < -0.39 is 6.04 Å². The quantitative estimate of drug-likeness (QED) is 0.649. The van der Waals surface area contributed by atoms with E-state index in [0.717, 1.165) is 0 Å². The predicted octanol–water partition coefficient (Wildman–Crippen LogP) is -1.10. The van der Waals surface area contributed by atoms with Crippen molar-refractivity contribution >= 4 is 5.78 Å². The molecule has 0 aromatic carbocycles. The molecule has 0 aliphatic rings. The van der Waals surface area contributed by atoms with Gasteiger partial charge in [-0.3, -0.25) is 9.48 Å². The zero-order valence-electron chi connectivity index (χ0n) is 8.30. The normalized spacial score (nSPS) is 12.8. The monoisotopic (exact) mass is 198 g/mol. The average Bonchev–Trinajstić information content (AvgIpc) is 2.51. The van der Waals surface area contributed by atoms with E-state index in [-0.39, 0.29) is 18.8 Å². The Morgan fingerprint density at radius 1 is 1.79 bits per heavy atom. The summed E-state index contributed by atoms with van der Waals surface area (Å²) in [6.07, 6.45) is 1.90. The summed E-state index contributed by atoms with van der Waals surface area (Å²) in [5.74, 6) is -0.0904. The number of methoxy groups -OCH3 is 1. The molecular formula is C8H14N4O2. The van der Waals surface area contributed by atoms with Crippen LogP contribution < -0.4 is 5.73 Å². The molecule has 6 nitrogen and oxygen atoms in total. The molecule has 1 rings (SSSR count). The molecule has 78 valence electrons. The van der Waals surface area contributed by atoms with Gasteiger partial charge in [-0.05, 0) is 0 Å². The Morgan fingerprint density at radius 3 is 3.00 bits per heavy atom. The van der Waals surface area contributed by atoms with Gasteiger partial charge in [0.05, 0.1) is 24.8 Å². The predicted molar refractivity (Wildman–Crippen MR) is 49.6 cm³/mol. The van der Waals surface area contributed by atoms with E-state index in [1.54, 1.807) is 17.9 Å². The molecule has 0 amide bonds. The summed E-state index contributed by atoms with van der Waals surface area (Å²) >= 11 is 0. The number of ether oxygens (including phenoxy) is 1. The largest absolute Gasteiger partial charge is 0.383 e. The number of carbonyl (C=O) groups excluding carboxylic acids is 1. The van der Waals surface area contributed by atoms with E-state index in [4.69, 9.17) is 10.5 Å². The van der Waals surface area contributed by atoms with Crippen LogP contribution in [-0.2, 0) is 23.0 Å². The molecule has 0 bridgehead atoms. The van der Waals surface area contributed by atoms with Crippen LogP contribution in [0.25, 0.3) is 0 Å². The van der Waals surface area contributed by atoms with E-state index in [1.807, 2.05) is 0 Å². The lowest BCUT2D eigenvalue weighted by Crippen LogP contribution is -2.36. The number of nitrogens with zero attached hydrogens (tertiary/aromatic N) is 3. The van der Waals surface area contributed by atoms with Crippen LogP contribution in [0.1, 0.15) is 5.69 Å². The molecule has 1 heterocycles. The van der Waals surface area contributed by atoms with Crippen molar-refractivity contribution in [2.75, 3.05) is 13.7 Å². The summed E-state index contributed by atoms with van der Waals surface area (Å²) in [7, 11) is 3.26. The van der Waals surface area contributed by atoms with Crippen LogP contribution in [0.15, 0.2) is 6.20 Å². The molecule has 0 saturated carbocycles. The molecule has 1 unspecified atom stereocenters. The van der Waals surface area contributed by atoms with Crippen molar-refractivity contribution in [2.24, 2.45) is 12.8 Å². The van der Waals surface area contributed by atoms with E-state index in [2.05, 4.69) is 10.3 Å². The van der Waals surface area contributed by atoms with E-state index >= 15 is 0 Å². The van der Waals surface area contributed by atoms with Crippen molar-refractivity contribution in [3.63, 3.8) is 0 Å². The number of ketones is 1. The molecule has 6 heteroatoms. The molecular weight excluding hydrogens is 184 g/mol. The zero-order valence-corrected chi connectivity index (χ0v) is 8.30. The Hall–Kier alpha value is -1.27. The molecule has 0 spiro atoms. The molecule has 0 aliphatic heterocycles. The summed E-state index contributed by atoms with van der Waals surface area (Å²) in [5, 5.41) is 7.51. The lowest BCUT2D eigenvalue weighted by molar-refractivity contribution is -0.120. The molecule has 1 aromatic heterocycles. The van der Waals surface area contributed by atoms with Crippen molar-refractivity contribution in [1.82, 2.24) is 15.0 Å². The lowest BCUT2D eigenvalue weighted by Gasteiger charge is -2.06. The number of nitrogens with two attached hydrogens (primary N) is 1. The summed E-state index contributed by atoms with van der Waals surface area (Å²) in [5.41, 5.74) is 6.18. The highest BCUT2D eigenvalue weighted by atomic mass is 16.5. The highest BCUT2D eigenvalue weighted by Crippen LogP contribution is 1.96. The maximum atomic E-state index is 11.4. The first-order valence-corrected chi connectivity index (χ1v) is 4.26. The lowest BCUT2D eigenvalue weighted by atomic mass is 10.1. The van der Waals surface area contributed by atoms with E-state index in [9.17, 15) is 4.79 Å². The van der Waals surface area contributed by atoms with Gasteiger partial charge in [-0.1, -0.05) is 5.21 Å². The fraction of sp³-hybridized carbons (Fsp3) is 0.625. The van der Waals surface area contributed by atoms with Crippen LogP contribution >= 0.6 is 0 Å². The second-order valence-electron chi connectivity index (χ2n) is 3.09. The second-order valence-corrected chi connectivity index (χ2v) is 3.09. The second kappa shape index (κ2) is 4.83. The molecule has 1 atom stereocenters. The molecule has 0 fully saturated rings. The van der Waals surface area contributed by atoms with Crippen LogP contribution in [-0.4, -0.2) is 40.5 Å². The Balaban J connectivity index is 2.48. The smallest absolute Gasteiger partial charge is 0.157 e. The van der Waals surface area contributed by atoms with Crippen molar-refractivity contribution in [1.29, 1.82) is 0 Å². The Bertz CT molecular complexity index is 310. The van der Waals surface area contributed by atoms with Crippen LogP contribution in [0.2, 0.25) is 0 Å². The van der Waals surface area contributed by atoms with Crippen LogP contribution in [0.5, 0.6) is 0 Å². The van der Waals surface area contributed by atoms with Crippen LogP contribution in [0.4, 0.5) is 0 Å². The molecule has 0 saturated heterocycles. The number of aromatic nitrogens is 3. The van der Waals surface area contributed by atoms with Gasteiger partial charge in [0.2, 0.25) is 0 Å². The van der Waals surface area contributed by atoms with Gasteiger partial charge in [0.1, 0.15) is 0 Å². The minimum absolute atomic E-state index is 0.0904. The summed E-state index contributed by atoms with van der Waals surface area (Å²) < 4.78 is 6.33. The third-order valence-corrected chi connectivity index (χ3v) is 1.77. The Morgan fingerprint density at radius 2 is 2.50 bits per heavy atom. The maximum Gasteiger partial charge on any atom is 0.157 e. The van der Waals surface area contributed by atoms with Crippen molar-refractivity contribution < 1.29 is 9.53 Å². The number of carbonyl (C=O) groups is 1. The van der Waals surface area contributed by atoms with Crippen molar-refractivity contribution in [3.8, 4) is 0 Å². The van der Waals surface area contributed by atoms with Gasteiger partial charge in [-0.15, -0.1) is 5.10 Å². The molecule has 2 N–H and O–H groups in total. The topological polar surface area (TPSA) is 83.0 Å². The maximum absolute atomic E-state index is 11.4. The highest BCUT2D eigenvalue weighted by molar-refractivity contribution is 5.85. The number of aryl methyl sites for hydroxylation is 1. The number of hydrogen-bond donors (Lipinski definition) is 1. The van der Waals surface area contributed by atoms with Gasteiger partial charge in [0.25, 0.3) is 0 Å². The Kier molecular flexibility index (Phi) is 3.73. The first kappa shape index (κ1) is 10.8. The minimum atomic E-state index is -0.581. The molecule has 14 heavy (non-hydrogen) atoms. The Labute approximate surface area is 82.0 Å². The average molecular weight is 198 g/mol. The SMILES string of the molecule is COCC(N)C(=O)Cc1cn(C)nn1. The number of hydrogen-bond acceptors (Lipinski definition) is 5. The van der Waals surface area contributed by atoms with Gasteiger partial charge < -0.3 is 10.5 Å². The molecule has 0 aliphatic carbocycles. The number of rotatable bonds is 5. The molecule has 0 radical (unpaired) electrons. The fourth-order valence-corrected chi connectivity index (χ4v) is 1.06. The zero-order chi connectivity index (χ0) is 10.6. The summed E-state index contributed by atoms with van der Waals surface area (Å²) in [6.45, 7) is 0.235. The van der Waals surface area contributed by atoms with Crippen LogP contribution in [0, 0.1) is 0 Å². The molecule has 1 aromatic rings. The van der Waals surface area contributed by atoms with Crippen LogP contribution in [0.3, 0.4) is 0 Å². The standard InChI is InChI=1S/C8H14N4O2/c1-12-4-6(10-11-12)3-8(13)7(9)5-14-2/h4,7H,3,5,9H2,1-2H3. The van der Waals surface area contributed by atoms with Gasteiger partial charge in [-0.25, -0.2) is 0 Å².